The summed E-state index contributed by atoms with van der Waals surface area (Å²) in [6.07, 6.45) is 3.76. The number of amidine groups is 1. The van der Waals surface area contributed by atoms with E-state index in [2.05, 4.69) is 36.0 Å². The van der Waals surface area contributed by atoms with E-state index in [0.29, 0.717) is 0 Å². The first kappa shape index (κ1) is 14.8. The smallest absolute Gasteiger partial charge is 0.156 e. The minimum atomic E-state index is 0.727. The highest BCUT2D eigenvalue weighted by Gasteiger charge is 2.17. The van der Waals surface area contributed by atoms with Crippen LogP contribution < -0.4 is 5.32 Å². The van der Waals surface area contributed by atoms with Crippen molar-refractivity contribution in [3.63, 3.8) is 0 Å². The molecule has 0 aromatic carbocycles. The van der Waals surface area contributed by atoms with Crippen LogP contribution in [0.4, 0.5) is 0 Å². The van der Waals surface area contributed by atoms with E-state index >= 15 is 0 Å². The number of nitrogens with one attached hydrogen (secondary N) is 1. The molecule has 0 saturated heterocycles. The molecule has 4 heteroatoms. The van der Waals surface area contributed by atoms with Crippen molar-refractivity contribution in [1.82, 2.24) is 10.2 Å². The number of hydrogen-bond acceptors (Lipinski definition) is 4. The van der Waals surface area contributed by atoms with Crippen LogP contribution >= 0.6 is 11.8 Å². The van der Waals surface area contributed by atoms with Crippen LogP contribution in [-0.2, 0) is 0 Å². The molecule has 1 N–H and O–H groups in total. The number of rotatable bonds is 8. The molecule has 1 rings (SSSR count). The standard InChI is InChI=1S/C13H27N3S/c1-4-8-12-11-15-13(17-12)14-9-7-10-16(5-2)6-3/h12H,4-11H2,1-3H3,(H,14,15). The van der Waals surface area contributed by atoms with Crippen molar-refractivity contribution in [2.24, 2.45) is 4.99 Å². The Hall–Kier alpha value is -0.220. The first-order valence-corrected chi connectivity index (χ1v) is 7.85. The van der Waals surface area contributed by atoms with Crippen molar-refractivity contribution in [3.05, 3.63) is 0 Å². The maximum absolute atomic E-state index is 4.55. The molecule has 100 valence electrons. The van der Waals surface area contributed by atoms with Crippen molar-refractivity contribution >= 4 is 16.9 Å². The van der Waals surface area contributed by atoms with Gasteiger partial charge in [0.25, 0.3) is 0 Å². The highest BCUT2D eigenvalue weighted by Crippen LogP contribution is 2.23. The molecule has 0 bridgehead atoms. The van der Waals surface area contributed by atoms with Gasteiger partial charge in [0.1, 0.15) is 0 Å². The van der Waals surface area contributed by atoms with Crippen molar-refractivity contribution < 1.29 is 0 Å². The summed E-state index contributed by atoms with van der Waals surface area (Å²) >= 11 is 1.93. The van der Waals surface area contributed by atoms with Crippen LogP contribution in [0.3, 0.4) is 0 Å². The predicted molar refractivity (Wildman–Crippen MR) is 79.0 cm³/mol. The zero-order valence-corrected chi connectivity index (χ0v) is 12.4. The molecule has 0 aliphatic carbocycles. The van der Waals surface area contributed by atoms with Gasteiger partial charge < -0.3 is 10.2 Å². The first-order chi connectivity index (χ1) is 8.30. The predicted octanol–water partition coefficient (Wildman–Crippen LogP) is 2.58. The summed E-state index contributed by atoms with van der Waals surface area (Å²) in [7, 11) is 0. The van der Waals surface area contributed by atoms with Crippen LogP contribution in [0.15, 0.2) is 4.99 Å². The molecule has 1 heterocycles. The molecular weight excluding hydrogens is 230 g/mol. The van der Waals surface area contributed by atoms with Crippen LogP contribution in [0.5, 0.6) is 0 Å². The maximum atomic E-state index is 4.55. The summed E-state index contributed by atoms with van der Waals surface area (Å²) in [5.41, 5.74) is 0. The summed E-state index contributed by atoms with van der Waals surface area (Å²) < 4.78 is 0. The zero-order valence-electron chi connectivity index (χ0n) is 11.5. The van der Waals surface area contributed by atoms with E-state index in [0.717, 1.165) is 31.4 Å². The summed E-state index contributed by atoms with van der Waals surface area (Å²) in [6, 6.07) is 0. The topological polar surface area (TPSA) is 27.6 Å². The van der Waals surface area contributed by atoms with Crippen molar-refractivity contribution in [3.8, 4) is 0 Å². The summed E-state index contributed by atoms with van der Waals surface area (Å²) in [4.78, 5) is 7.01. The molecule has 3 nitrogen and oxygen atoms in total. The average Bonchev–Trinajstić information content (AvgIpc) is 2.78. The second kappa shape index (κ2) is 8.81. The average molecular weight is 257 g/mol. The van der Waals surface area contributed by atoms with Gasteiger partial charge in [-0.3, -0.25) is 4.99 Å². The number of hydrogen-bond donors (Lipinski definition) is 1. The lowest BCUT2D eigenvalue weighted by Gasteiger charge is -2.17. The molecule has 0 aromatic heterocycles. The molecule has 0 amide bonds. The number of aliphatic imine (C=N–C) groups is 1. The van der Waals surface area contributed by atoms with Crippen molar-refractivity contribution in [2.45, 2.75) is 45.3 Å². The van der Waals surface area contributed by atoms with Gasteiger partial charge >= 0.3 is 0 Å². The van der Waals surface area contributed by atoms with Gasteiger partial charge in [0.15, 0.2) is 5.17 Å². The van der Waals surface area contributed by atoms with E-state index in [1.165, 1.54) is 31.0 Å². The minimum absolute atomic E-state index is 0.727. The van der Waals surface area contributed by atoms with Crippen LogP contribution in [0, 0.1) is 0 Å². The van der Waals surface area contributed by atoms with E-state index in [1.807, 2.05) is 11.8 Å². The van der Waals surface area contributed by atoms with Crippen molar-refractivity contribution in [1.29, 1.82) is 0 Å². The Labute approximate surface area is 110 Å². The molecule has 0 radical (unpaired) electrons. The van der Waals surface area contributed by atoms with E-state index in [1.54, 1.807) is 0 Å². The lowest BCUT2D eigenvalue weighted by Crippen LogP contribution is -2.28. The summed E-state index contributed by atoms with van der Waals surface area (Å²) in [6.45, 7) is 12.3. The van der Waals surface area contributed by atoms with Gasteiger partial charge in [-0.25, -0.2) is 0 Å². The van der Waals surface area contributed by atoms with E-state index < -0.39 is 0 Å². The summed E-state index contributed by atoms with van der Waals surface area (Å²) in [5.74, 6) is 0. The van der Waals surface area contributed by atoms with Crippen LogP contribution in [-0.4, -0.2) is 48.0 Å². The van der Waals surface area contributed by atoms with Gasteiger partial charge in [-0.15, -0.1) is 0 Å². The lowest BCUT2D eigenvalue weighted by atomic mass is 10.2. The third-order valence-electron chi connectivity index (χ3n) is 3.15. The van der Waals surface area contributed by atoms with E-state index in [9.17, 15) is 0 Å². The Morgan fingerprint density at radius 3 is 2.76 bits per heavy atom. The molecule has 1 atom stereocenters. The van der Waals surface area contributed by atoms with Gasteiger partial charge in [-0.2, -0.15) is 0 Å². The fourth-order valence-corrected chi connectivity index (χ4v) is 3.18. The zero-order chi connectivity index (χ0) is 12.5. The van der Waals surface area contributed by atoms with Crippen LogP contribution in [0.2, 0.25) is 0 Å². The number of thioether (sulfide) groups is 1. The Morgan fingerprint density at radius 2 is 2.12 bits per heavy atom. The third-order valence-corrected chi connectivity index (χ3v) is 4.36. The molecule has 0 saturated carbocycles. The second-order valence-corrected chi connectivity index (χ2v) is 5.77. The molecule has 1 unspecified atom stereocenters. The van der Waals surface area contributed by atoms with Gasteiger partial charge in [0.05, 0.1) is 6.54 Å². The largest absolute Gasteiger partial charge is 0.365 e. The third kappa shape index (κ3) is 5.77. The fraction of sp³-hybridized carbons (Fsp3) is 0.923. The van der Waals surface area contributed by atoms with Crippen molar-refractivity contribution in [2.75, 3.05) is 32.7 Å². The highest BCUT2D eigenvalue weighted by atomic mass is 32.2. The molecule has 0 aromatic rings. The van der Waals surface area contributed by atoms with Gasteiger partial charge in [0.2, 0.25) is 0 Å². The van der Waals surface area contributed by atoms with E-state index in [-0.39, 0.29) is 0 Å². The Morgan fingerprint density at radius 1 is 1.35 bits per heavy atom. The van der Waals surface area contributed by atoms with Gasteiger partial charge in [-0.1, -0.05) is 39.0 Å². The second-order valence-electron chi connectivity index (χ2n) is 4.48. The Bertz CT molecular complexity index is 227. The highest BCUT2D eigenvalue weighted by molar-refractivity contribution is 8.14. The SMILES string of the molecule is CCCC1CN=C(NCCCN(CC)CC)S1. The summed E-state index contributed by atoms with van der Waals surface area (Å²) in [5, 5.41) is 5.36. The molecule has 1 aliphatic heterocycles. The lowest BCUT2D eigenvalue weighted by molar-refractivity contribution is 0.300. The monoisotopic (exact) mass is 257 g/mol. The Balaban J connectivity index is 2.04. The quantitative estimate of drug-likeness (QED) is 0.677. The molecule has 0 spiro atoms. The maximum Gasteiger partial charge on any atom is 0.156 e. The normalized spacial score (nSPS) is 19.8. The minimum Gasteiger partial charge on any atom is -0.365 e. The Kier molecular flexibility index (Phi) is 7.69. The molecule has 1 aliphatic rings. The molecular formula is C13H27N3S. The molecule has 0 fully saturated rings. The molecule has 17 heavy (non-hydrogen) atoms. The number of nitrogens with zero attached hydrogens (tertiary/aromatic N) is 2. The van der Waals surface area contributed by atoms with Crippen LogP contribution in [0.25, 0.3) is 0 Å². The van der Waals surface area contributed by atoms with Crippen LogP contribution in [0.1, 0.15) is 40.0 Å². The van der Waals surface area contributed by atoms with E-state index in [4.69, 9.17) is 0 Å². The first-order valence-electron chi connectivity index (χ1n) is 6.97. The van der Waals surface area contributed by atoms with Gasteiger partial charge in [0, 0.05) is 11.8 Å². The van der Waals surface area contributed by atoms with Gasteiger partial charge in [-0.05, 0) is 32.5 Å². The fourth-order valence-electron chi connectivity index (χ4n) is 2.02.